The Morgan fingerprint density at radius 3 is 2.50 bits per heavy atom. The first kappa shape index (κ1) is 16.5. The molecule has 0 spiro atoms. The third kappa shape index (κ3) is 3.43. The number of hydrogen-bond donors (Lipinski definition) is 0. The highest BCUT2D eigenvalue weighted by Gasteiger charge is 2.41. The minimum atomic E-state index is -0.0765. The quantitative estimate of drug-likeness (QED) is 0.690. The zero-order chi connectivity index (χ0) is 17.0. The van der Waals surface area contributed by atoms with Crippen LogP contribution in [0.3, 0.4) is 0 Å². The maximum absolute atomic E-state index is 12.9. The lowest BCUT2D eigenvalue weighted by molar-refractivity contribution is 0.0861. The molecule has 2 atom stereocenters. The zero-order valence-corrected chi connectivity index (χ0v) is 14.4. The van der Waals surface area contributed by atoms with Crippen molar-refractivity contribution in [3.63, 3.8) is 0 Å². The van der Waals surface area contributed by atoms with Gasteiger partial charge in [0.25, 0.3) is 0 Å². The number of rotatable bonds is 5. The summed E-state index contributed by atoms with van der Waals surface area (Å²) in [7, 11) is 1.67. The second-order valence-corrected chi connectivity index (χ2v) is 6.79. The van der Waals surface area contributed by atoms with E-state index in [1.807, 2.05) is 54.6 Å². The summed E-state index contributed by atoms with van der Waals surface area (Å²) in [5, 5.41) is 0. The second kappa shape index (κ2) is 7.04. The van der Waals surface area contributed by atoms with Crippen LogP contribution in [0.2, 0.25) is 0 Å². The number of hydrogen-bond acceptors (Lipinski definition) is 2. The Kier molecular flexibility index (Phi) is 4.84. The van der Waals surface area contributed by atoms with Crippen molar-refractivity contribution in [2.45, 2.75) is 26.2 Å². The molecule has 1 fully saturated rings. The largest absolute Gasteiger partial charge is 0.497 e. The van der Waals surface area contributed by atoms with Crippen LogP contribution in [0.25, 0.3) is 6.08 Å². The fourth-order valence-electron chi connectivity index (χ4n) is 3.63. The number of Topliss-reactive ketones (excluding diaryl/α,β-unsaturated/α-hetero) is 1. The van der Waals surface area contributed by atoms with Crippen LogP contribution >= 0.6 is 0 Å². The molecule has 0 aliphatic heterocycles. The van der Waals surface area contributed by atoms with Crippen LogP contribution in [0.5, 0.6) is 5.75 Å². The van der Waals surface area contributed by atoms with Gasteiger partial charge in [-0.2, -0.15) is 0 Å². The van der Waals surface area contributed by atoms with Crippen LogP contribution in [0.4, 0.5) is 0 Å². The van der Waals surface area contributed by atoms with E-state index in [2.05, 4.69) is 19.1 Å². The van der Waals surface area contributed by atoms with Crippen LogP contribution in [0.15, 0.2) is 60.7 Å². The maximum atomic E-state index is 12.9. The first-order chi connectivity index (χ1) is 11.6. The number of ether oxygens (including phenoxy) is 1. The van der Waals surface area contributed by atoms with E-state index in [0.29, 0.717) is 0 Å². The van der Waals surface area contributed by atoms with Crippen molar-refractivity contribution in [2.24, 2.45) is 11.3 Å². The molecule has 0 bridgehead atoms. The lowest BCUT2D eigenvalue weighted by atomic mass is 9.75. The van der Waals surface area contributed by atoms with Crippen LogP contribution in [-0.2, 0) is 0 Å². The van der Waals surface area contributed by atoms with Gasteiger partial charge in [-0.25, -0.2) is 0 Å². The number of allylic oxidation sites excluding steroid dienone is 1. The highest BCUT2D eigenvalue weighted by Crippen LogP contribution is 2.46. The molecule has 124 valence electrons. The Morgan fingerprint density at radius 1 is 1.12 bits per heavy atom. The number of carbonyl (C=O) groups is 1. The Labute approximate surface area is 144 Å². The van der Waals surface area contributed by atoms with Gasteiger partial charge < -0.3 is 4.74 Å². The van der Waals surface area contributed by atoms with Gasteiger partial charge in [0, 0.05) is 11.5 Å². The van der Waals surface area contributed by atoms with Crippen molar-refractivity contribution in [3.05, 3.63) is 71.8 Å². The molecule has 1 aliphatic rings. The molecule has 0 amide bonds. The van der Waals surface area contributed by atoms with E-state index in [-0.39, 0.29) is 17.1 Å². The fourth-order valence-corrected chi connectivity index (χ4v) is 3.63. The number of carbonyl (C=O) groups excluding carboxylic acids is 1. The fraction of sp³-hybridized carbons (Fsp3) is 0.318. The lowest BCUT2D eigenvalue weighted by Crippen LogP contribution is -2.27. The second-order valence-electron chi connectivity index (χ2n) is 6.79. The topological polar surface area (TPSA) is 26.3 Å². The predicted octanol–water partition coefficient (Wildman–Crippen LogP) is 5.40. The van der Waals surface area contributed by atoms with E-state index < -0.39 is 0 Å². The Morgan fingerprint density at radius 2 is 1.83 bits per heavy atom. The normalized spacial score (nSPS) is 23.5. The van der Waals surface area contributed by atoms with Crippen LogP contribution in [0.1, 0.15) is 42.1 Å². The van der Waals surface area contributed by atoms with E-state index in [9.17, 15) is 4.79 Å². The molecular formula is C22H24O2. The van der Waals surface area contributed by atoms with Gasteiger partial charge in [0.1, 0.15) is 5.75 Å². The molecule has 2 heteroatoms. The number of methoxy groups -OCH3 is 1. The minimum absolute atomic E-state index is 0.0643. The summed E-state index contributed by atoms with van der Waals surface area (Å²) >= 11 is 0. The van der Waals surface area contributed by atoms with E-state index in [0.717, 1.165) is 36.1 Å². The molecule has 0 aromatic heterocycles. The van der Waals surface area contributed by atoms with Crippen molar-refractivity contribution in [3.8, 4) is 5.75 Å². The molecule has 24 heavy (non-hydrogen) atoms. The molecule has 0 N–H and O–H groups in total. The van der Waals surface area contributed by atoms with Crippen LogP contribution in [-0.4, -0.2) is 12.9 Å². The highest BCUT2D eigenvalue weighted by atomic mass is 16.5. The maximum Gasteiger partial charge on any atom is 0.166 e. The summed E-state index contributed by atoms with van der Waals surface area (Å²) in [4.78, 5) is 12.9. The van der Waals surface area contributed by atoms with Crippen molar-refractivity contribution in [2.75, 3.05) is 7.11 Å². The van der Waals surface area contributed by atoms with Gasteiger partial charge in [-0.05, 0) is 36.0 Å². The smallest absolute Gasteiger partial charge is 0.166 e. The summed E-state index contributed by atoms with van der Waals surface area (Å²) in [5.41, 5.74) is 1.88. The van der Waals surface area contributed by atoms with E-state index >= 15 is 0 Å². The van der Waals surface area contributed by atoms with Crippen molar-refractivity contribution in [1.29, 1.82) is 0 Å². The summed E-state index contributed by atoms with van der Waals surface area (Å²) in [6.07, 6.45) is 7.50. The predicted molar refractivity (Wildman–Crippen MR) is 98.2 cm³/mol. The van der Waals surface area contributed by atoms with Crippen molar-refractivity contribution >= 4 is 11.9 Å². The third-order valence-corrected chi connectivity index (χ3v) is 5.15. The number of ketones is 1. The van der Waals surface area contributed by atoms with Crippen molar-refractivity contribution in [1.82, 2.24) is 0 Å². The Hall–Kier alpha value is -2.35. The van der Waals surface area contributed by atoms with Gasteiger partial charge >= 0.3 is 0 Å². The van der Waals surface area contributed by atoms with Gasteiger partial charge in [-0.3, -0.25) is 4.79 Å². The average molecular weight is 320 g/mol. The molecule has 3 rings (SSSR count). The Balaban J connectivity index is 1.79. The zero-order valence-electron chi connectivity index (χ0n) is 14.4. The molecule has 2 aromatic rings. The molecule has 0 saturated heterocycles. The molecule has 1 aliphatic carbocycles. The average Bonchev–Trinajstić information content (AvgIpc) is 3.02. The molecule has 0 heterocycles. The summed E-state index contributed by atoms with van der Waals surface area (Å²) in [6.45, 7) is 2.21. The number of benzene rings is 2. The summed E-state index contributed by atoms with van der Waals surface area (Å²) in [5.74, 6) is 1.20. The highest BCUT2D eigenvalue weighted by molar-refractivity contribution is 5.98. The third-order valence-electron chi connectivity index (χ3n) is 5.15. The van der Waals surface area contributed by atoms with Gasteiger partial charge in [0.15, 0.2) is 5.78 Å². The van der Waals surface area contributed by atoms with Gasteiger partial charge in [0.2, 0.25) is 0 Å². The standard InChI is InChI=1S/C22H24O2/c1-22(16-14-17-10-12-19(24-2)13-11-17)15-6-9-20(22)21(23)18-7-4-3-5-8-18/h3-5,7-8,10-14,16,20H,6,9,15H2,1-2H3/b16-14+/t20-,22-/m1/s1. The van der Waals surface area contributed by atoms with Crippen molar-refractivity contribution < 1.29 is 9.53 Å². The molecule has 0 unspecified atom stereocenters. The summed E-state index contributed by atoms with van der Waals surface area (Å²) in [6, 6.07) is 17.7. The Bertz CT molecular complexity index is 715. The first-order valence-corrected chi connectivity index (χ1v) is 8.55. The molecule has 0 radical (unpaired) electrons. The molecule has 2 nitrogen and oxygen atoms in total. The molecular weight excluding hydrogens is 296 g/mol. The first-order valence-electron chi connectivity index (χ1n) is 8.55. The van der Waals surface area contributed by atoms with E-state index in [4.69, 9.17) is 4.74 Å². The van der Waals surface area contributed by atoms with E-state index in [1.165, 1.54) is 0 Å². The molecule has 1 saturated carbocycles. The van der Waals surface area contributed by atoms with E-state index in [1.54, 1.807) is 7.11 Å². The minimum Gasteiger partial charge on any atom is -0.497 e. The van der Waals surface area contributed by atoms with Gasteiger partial charge in [0.05, 0.1) is 7.11 Å². The van der Waals surface area contributed by atoms with Gasteiger partial charge in [-0.15, -0.1) is 0 Å². The van der Waals surface area contributed by atoms with Crippen LogP contribution in [0, 0.1) is 11.3 Å². The summed E-state index contributed by atoms with van der Waals surface area (Å²) < 4.78 is 5.20. The van der Waals surface area contributed by atoms with Gasteiger partial charge in [-0.1, -0.05) is 68.0 Å². The molecule has 2 aromatic carbocycles. The SMILES string of the molecule is COc1ccc(/C=C/[C@@]2(C)CCC[C@@H]2C(=O)c2ccccc2)cc1. The monoisotopic (exact) mass is 320 g/mol. The van der Waals surface area contributed by atoms with Crippen LogP contribution < -0.4 is 4.74 Å². The lowest BCUT2D eigenvalue weighted by Gasteiger charge is -2.27.